The zero-order chi connectivity index (χ0) is 13.8. The monoisotopic (exact) mass is 261 g/mol. The topological polar surface area (TPSA) is 49.3 Å². The second-order valence-electron chi connectivity index (χ2n) is 5.99. The van der Waals surface area contributed by atoms with Crippen molar-refractivity contribution in [3.05, 3.63) is 29.8 Å². The number of phenols is 1. The normalized spacial score (nSPS) is 26.9. The van der Waals surface area contributed by atoms with E-state index in [0.29, 0.717) is 17.4 Å². The highest BCUT2D eigenvalue weighted by Gasteiger charge is 2.25. The number of phenolic OH excluding ortho intramolecular Hbond substituents is 1. The van der Waals surface area contributed by atoms with Gasteiger partial charge in [-0.25, -0.2) is 0 Å². The van der Waals surface area contributed by atoms with Crippen LogP contribution in [0.2, 0.25) is 0 Å². The Bertz CT molecular complexity index is 434. The average molecular weight is 261 g/mol. The highest BCUT2D eigenvalue weighted by atomic mass is 16.3. The lowest BCUT2D eigenvalue weighted by Gasteiger charge is -2.32. The van der Waals surface area contributed by atoms with Crippen LogP contribution in [0.15, 0.2) is 24.3 Å². The number of carbonyl (C=O) groups is 1. The van der Waals surface area contributed by atoms with Gasteiger partial charge in [-0.1, -0.05) is 32.0 Å². The summed E-state index contributed by atoms with van der Waals surface area (Å²) in [5, 5.41) is 12.8. The van der Waals surface area contributed by atoms with Crippen LogP contribution < -0.4 is 5.32 Å². The minimum absolute atomic E-state index is 0.00722. The van der Waals surface area contributed by atoms with E-state index in [1.165, 1.54) is 6.42 Å². The number of hydrogen-bond acceptors (Lipinski definition) is 2. The fraction of sp³-hybridized carbons (Fsp3) is 0.562. The fourth-order valence-corrected chi connectivity index (χ4v) is 3.18. The standard InChI is InChI=1S/C16H23NO2/c1-11-7-12(2)9-14(8-11)17-16(19)10-13-5-3-4-6-15(13)18/h3-6,11-12,14,18H,7-10H2,1-2H3,(H,17,19). The Balaban J connectivity index is 1.89. The molecule has 0 aromatic heterocycles. The molecule has 19 heavy (non-hydrogen) atoms. The van der Waals surface area contributed by atoms with Gasteiger partial charge < -0.3 is 10.4 Å². The number of nitrogens with one attached hydrogen (secondary N) is 1. The van der Waals surface area contributed by atoms with Crippen molar-refractivity contribution in [3.8, 4) is 5.75 Å². The third-order valence-electron chi connectivity index (χ3n) is 3.89. The molecule has 1 aliphatic rings. The first-order chi connectivity index (χ1) is 9.04. The summed E-state index contributed by atoms with van der Waals surface area (Å²) >= 11 is 0. The van der Waals surface area contributed by atoms with E-state index >= 15 is 0 Å². The maximum Gasteiger partial charge on any atom is 0.224 e. The first-order valence-electron chi connectivity index (χ1n) is 7.11. The molecule has 104 valence electrons. The van der Waals surface area contributed by atoms with Crippen molar-refractivity contribution in [2.24, 2.45) is 11.8 Å². The Hall–Kier alpha value is -1.51. The molecular weight excluding hydrogens is 238 g/mol. The van der Waals surface area contributed by atoms with Gasteiger partial charge in [-0.05, 0) is 37.2 Å². The van der Waals surface area contributed by atoms with Gasteiger partial charge in [0.2, 0.25) is 5.91 Å². The van der Waals surface area contributed by atoms with E-state index in [9.17, 15) is 9.90 Å². The number of hydrogen-bond donors (Lipinski definition) is 2. The Morgan fingerprint density at radius 1 is 1.21 bits per heavy atom. The number of benzene rings is 1. The molecule has 2 unspecified atom stereocenters. The molecule has 1 aliphatic carbocycles. The van der Waals surface area contributed by atoms with Crippen molar-refractivity contribution in [1.82, 2.24) is 5.32 Å². The van der Waals surface area contributed by atoms with Gasteiger partial charge in [0.25, 0.3) is 0 Å². The molecule has 0 aliphatic heterocycles. The smallest absolute Gasteiger partial charge is 0.224 e. The van der Waals surface area contributed by atoms with Crippen molar-refractivity contribution in [1.29, 1.82) is 0 Å². The highest BCUT2D eigenvalue weighted by molar-refractivity contribution is 5.79. The van der Waals surface area contributed by atoms with E-state index in [4.69, 9.17) is 0 Å². The van der Waals surface area contributed by atoms with E-state index in [1.54, 1.807) is 18.2 Å². The SMILES string of the molecule is CC1CC(C)CC(NC(=O)Cc2ccccc2O)C1. The number of para-hydroxylation sites is 1. The third-order valence-corrected chi connectivity index (χ3v) is 3.89. The zero-order valence-electron chi connectivity index (χ0n) is 11.7. The summed E-state index contributed by atoms with van der Waals surface area (Å²) in [6, 6.07) is 7.31. The van der Waals surface area contributed by atoms with Crippen LogP contribution in [0.25, 0.3) is 0 Å². The second kappa shape index (κ2) is 6.09. The lowest BCUT2D eigenvalue weighted by atomic mass is 9.80. The van der Waals surface area contributed by atoms with Gasteiger partial charge in [-0.2, -0.15) is 0 Å². The van der Waals surface area contributed by atoms with Crippen molar-refractivity contribution in [2.75, 3.05) is 0 Å². The van der Waals surface area contributed by atoms with Crippen LogP contribution in [0.4, 0.5) is 0 Å². The van der Waals surface area contributed by atoms with Crippen LogP contribution in [0, 0.1) is 11.8 Å². The summed E-state index contributed by atoms with van der Waals surface area (Å²) in [6.45, 7) is 4.50. The number of rotatable bonds is 3. The van der Waals surface area contributed by atoms with Gasteiger partial charge in [0.15, 0.2) is 0 Å². The summed E-state index contributed by atoms with van der Waals surface area (Å²) in [5.41, 5.74) is 0.692. The largest absolute Gasteiger partial charge is 0.508 e. The molecule has 1 fully saturated rings. The maximum atomic E-state index is 12.0. The van der Waals surface area contributed by atoms with Crippen LogP contribution in [0.1, 0.15) is 38.7 Å². The summed E-state index contributed by atoms with van der Waals surface area (Å²) in [4.78, 5) is 12.0. The maximum absolute atomic E-state index is 12.0. The second-order valence-corrected chi connectivity index (χ2v) is 5.99. The molecule has 0 bridgehead atoms. The molecule has 1 aromatic carbocycles. The lowest BCUT2D eigenvalue weighted by molar-refractivity contribution is -0.121. The molecule has 0 spiro atoms. The van der Waals surface area contributed by atoms with Crippen LogP contribution in [-0.2, 0) is 11.2 Å². The quantitative estimate of drug-likeness (QED) is 0.879. The van der Waals surface area contributed by atoms with Crippen LogP contribution in [-0.4, -0.2) is 17.1 Å². The number of amides is 1. The van der Waals surface area contributed by atoms with Gasteiger partial charge in [-0.3, -0.25) is 4.79 Å². The molecule has 2 N–H and O–H groups in total. The zero-order valence-corrected chi connectivity index (χ0v) is 11.7. The fourth-order valence-electron chi connectivity index (χ4n) is 3.18. The summed E-state index contributed by atoms with van der Waals surface area (Å²) in [7, 11) is 0. The van der Waals surface area contributed by atoms with Gasteiger partial charge in [0.1, 0.15) is 5.75 Å². The first kappa shape index (κ1) is 13.9. The van der Waals surface area contributed by atoms with Crippen LogP contribution in [0.3, 0.4) is 0 Å². The van der Waals surface area contributed by atoms with Gasteiger partial charge in [0.05, 0.1) is 6.42 Å². The predicted molar refractivity (Wildman–Crippen MR) is 75.9 cm³/mol. The molecule has 0 heterocycles. The van der Waals surface area contributed by atoms with Crippen molar-refractivity contribution in [3.63, 3.8) is 0 Å². The summed E-state index contributed by atoms with van der Waals surface area (Å²) in [6.07, 6.45) is 3.64. The van der Waals surface area contributed by atoms with Crippen LogP contribution in [0.5, 0.6) is 5.75 Å². The lowest BCUT2D eigenvalue weighted by Crippen LogP contribution is -2.40. The van der Waals surface area contributed by atoms with Gasteiger partial charge in [-0.15, -0.1) is 0 Å². The van der Waals surface area contributed by atoms with Crippen molar-refractivity contribution >= 4 is 5.91 Å². The average Bonchev–Trinajstić information content (AvgIpc) is 2.30. The van der Waals surface area contributed by atoms with E-state index in [0.717, 1.165) is 12.8 Å². The third kappa shape index (κ3) is 3.98. The first-order valence-corrected chi connectivity index (χ1v) is 7.11. The predicted octanol–water partition coefficient (Wildman–Crippen LogP) is 2.88. The highest BCUT2D eigenvalue weighted by Crippen LogP contribution is 2.28. The minimum Gasteiger partial charge on any atom is -0.508 e. The minimum atomic E-state index is 0.00722. The molecule has 1 aromatic rings. The molecule has 1 saturated carbocycles. The molecular formula is C16H23NO2. The number of aromatic hydroxyl groups is 1. The van der Waals surface area contributed by atoms with E-state index in [-0.39, 0.29) is 24.1 Å². The van der Waals surface area contributed by atoms with Crippen LogP contribution >= 0.6 is 0 Å². The van der Waals surface area contributed by atoms with Crippen molar-refractivity contribution in [2.45, 2.75) is 45.6 Å². The summed E-state index contributed by atoms with van der Waals surface area (Å²) < 4.78 is 0. The summed E-state index contributed by atoms with van der Waals surface area (Å²) in [5.74, 6) is 1.56. The van der Waals surface area contributed by atoms with E-state index < -0.39 is 0 Å². The molecule has 2 atom stereocenters. The molecule has 1 amide bonds. The molecule has 0 saturated heterocycles. The molecule has 2 rings (SSSR count). The Morgan fingerprint density at radius 2 is 1.84 bits per heavy atom. The van der Waals surface area contributed by atoms with Gasteiger partial charge in [0, 0.05) is 11.6 Å². The Labute approximate surface area is 115 Å². The molecule has 0 radical (unpaired) electrons. The van der Waals surface area contributed by atoms with Crippen molar-refractivity contribution < 1.29 is 9.90 Å². The molecule has 3 heteroatoms. The molecule has 3 nitrogen and oxygen atoms in total. The van der Waals surface area contributed by atoms with E-state index in [1.807, 2.05) is 6.07 Å². The Kier molecular flexibility index (Phi) is 4.46. The number of carbonyl (C=O) groups excluding carboxylic acids is 1. The Morgan fingerprint density at radius 3 is 2.47 bits per heavy atom. The van der Waals surface area contributed by atoms with E-state index in [2.05, 4.69) is 19.2 Å². The van der Waals surface area contributed by atoms with Gasteiger partial charge >= 0.3 is 0 Å².